The summed E-state index contributed by atoms with van der Waals surface area (Å²) in [6.45, 7) is 0. The smallest absolute Gasteiger partial charge is 0.263 e. The summed E-state index contributed by atoms with van der Waals surface area (Å²) in [4.78, 5) is 7.01. The molecule has 9 heteroatoms. The fourth-order valence-corrected chi connectivity index (χ4v) is 2.42. The molecular weight excluding hydrogens is 295 g/mol. The minimum absolute atomic E-state index is 0.0165. The number of sulfonamides is 1. The Labute approximate surface area is 113 Å². The average Bonchev–Trinajstić information content (AvgIpc) is 2.32. The first kappa shape index (κ1) is 13.5. The third kappa shape index (κ3) is 3.09. The van der Waals surface area contributed by atoms with Crippen LogP contribution in [0.25, 0.3) is 0 Å². The molecule has 2 aromatic rings. The Morgan fingerprint density at radius 1 is 1.32 bits per heavy atom. The molecule has 6 nitrogen and oxygen atoms in total. The van der Waals surface area contributed by atoms with Gasteiger partial charge in [-0.1, -0.05) is 0 Å². The molecule has 0 spiro atoms. The van der Waals surface area contributed by atoms with Gasteiger partial charge < -0.3 is 5.73 Å². The minimum Gasteiger partial charge on any atom is -0.396 e. The summed E-state index contributed by atoms with van der Waals surface area (Å²) in [5.74, 6) is -0.833. The zero-order valence-corrected chi connectivity index (χ0v) is 10.9. The number of nitrogen functional groups attached to an aromatic ring is 1. The Morgan fingerprint density at radius 3 is 2.68 bits per heavy atom. The number of nitrogens with two attached hydrogens (primary N) is 1. The average molecular weight is 303 g/mol. The lowest BCUT2D eigenvalue weighted by atomic mass is 10.3. The van der Waals surface area contributed by atoms with Crippen molar-refractivity contribution in [1.82, 2.24) is 9.97 Å². The zero-order chi connectivity index (χ0) is 14.0. The van der Waals surface area contributed by atoms with Crippen LogP contribution in [0.5, 0.6) is 0 Å². The fourth-order valence-electron chi connectivity index (χ4n) is 1.26. The molecule has 2 rings (SSSR count). The Bertz CT molecular complexity index is 723. The van der Waals surface area contributed by atoms with Gasteiger partial charge in [0.1, 0.15) is 11.6 Å². The molecule has 0 radical (unpaired) electrons. The molecular formula is C10H8ClFN4O2S. The maximum absolute atomic E-state index is 13.2. The standard InChI is InChI=1S/C10H8ClFN4O2S/c11-10-14-4-3-9(15-10)16-19(17,18)6-1-2-8(13)7(12)5-6/h1-5H,13H2,(H,14,15,16). The van der Waals surface area contributed by atoms with Crippen LogP contribution in [0.4, 0.5) is 15.9 Å². The Kier molecular flexibility index (Phi) is 3.54. The van der Waals surface area contributed by atoms with Crippen molar-refractivity contribution in [3.05, 3.63) is 41.6 Å². The van der Waals surface area contributed by atoms with E-state index in [1.54, 1.807) is 0 Å². The molecule has 100 valence electrons. The summed E-state index contributed by atoms with van der Waals surface area (Å²) in [7, 11) is -3.96. The van der Waals surface area contributed by atoms with E-state index in [1.165, 1.54) is 18.3 Å². The number of anilines is 2. The van der Waals surface area contributed by atoms with E-state index in [-0.39, 0.29) is 21.7 Å². The number of hydrogen-bond acceptors (Lipinski definition) is 5. The summed E-state index contributed by atoms with van der Waals surface area (Å²) >= 11 is 5.53. The second-order valence-electron chi connectivity index (χ2n) is 3.50. The number of nitrogens with one attached hydrogen (secondary N) is 1. The predicted molar refractivity (Wildman–Crippen MR) is 68.7 cm³/mol. The van der Waals surface area contributed by atoms with Crippen molar-refractivity contribution in [1.29, 1.82) is 0 Å². The maximum atomic E-state index is 13.2. The van der Waals surface area contributed by atoms with Crippen molar-refractivity contribution in [3.8, 4) is 0 Å². The Hall–Kier alpha value is -1.93. The molecule has 0 atom stereocenters. The lowest BCUT2D eigenvalue weighted by Gasteiger charge is -2.07. The van der Waals surface area contributed by atoms with Crippen LogP contribution in [0.2, 0.25) is 5.28 Å². The van der Waals surface area contributed by atoms with E-state index in [9.17, 15) is 12.8 Å². The highest BCUT2D eigenvalue weighted by atomic mass is 35.5. The summed E-state index contributed by atoms with van der Waals surface area (Å²) < 4.78 is 39.3. The van der Waals surface area contributed by atoms with Gasteiger partial charge in [0.2, 0.25) is 5.28 Å². The van der Waals surface area contributed by atoms with Gasteiger partial charge in [0, 0.05) is 6.20 Å². The van der Waals surface area contributed by atoms with Crippen LogP contribution in [0, 0.1) is 5.82 Å². The van der Waals surface area contributed by atoms with Gasteiger partial charge in [0.15, 0.2) is 0 Å². The first-order chi connectivity index (χ1) is 8.88. The molecule has 1 aromatic carbocycles. The van der Waals surface area contributed by atoms with Gasteiger partial charge in [-0.2, -0.15) is 4.98 Å². The first-order valence-corrected chi connectivity index (χ1v) is 6.81. The molecule has 1 heterocycles. The highest BCUT2D eigenvalue weighted by molar-refractivity contribution is 7.92. The summed E-state index contributed by atoms with van der Waals surface area (Å²) in [5.41, 5.74) is 5.14. The van der Waals surface area contributed by atoms with E-state index in [1.807, 2.05) is 0 Å². The topological polar surface area (TPSA) is 98.0 Å². The van der Waals surface area contributed by atoms with Crippen molar-refractivity contribution in [2.75, 3.05) is 10.5 Å². The first-order valence-electron chi connectivity index (χ1n) is 4.95. The van der Waals surface area contributed by atoms with Crippen LogP contribution in [-0.4, -0.2) is 18.4 Å². The van der Waals surface area contributed by atoms with Crippen molar-refractivity contribution in [2.24, 2.45) is 0 Å². The largest absolute Gasteiger partial charge is 0.396 e. The highest BCUT2D eigenvalue weighted by Crippen LogP contribution is 2.19. The van der Waals surface area contributed by atoms with Crippen LogP contribution in [0.3, 0.4) is 0 Å². The number of aromatic nitrogens is 2. The number of benzene rings is 1. The summed E-state index contributed by atoms with van der Waals surface area (Å²) in [6, 6.07) is 4.48. The number of hydrogen-bond donors (Lipinski definition) is 2. The van der Waals surface area contributed by atoms with Gasteiger partial charge in [-0.05, 0) is 35.9 Å². The lowest BCUT2D eigenvalue weighted by molar-refractivity contribution is 0.596. The van der Waals surface area contributed by atoms with Crippen LogP contribution in [-0.2, 0) is 10.0 Å². The summed E-state index contributed by atoms with van der Waals surface area (Å²) in [6.07, 6.45) is 1.29. The Balaban J connectivity index is 2.35. The third-order valence-electron chi connectivity index (χ3n) is 2.15. The van der Waals surface area contributed by atoms with E-state index in [4.69, 9.17) is 17.3 Å². The van der Waals surface area contributed by atoms with E-state index < -0.39 is 15.8 Å². The van der Waals surface area contributed by atoms with Gasteiger partial charge in [-0.3, -0.25) is 4.72 Å². The molecule has 19 heavy (non-hydrogen) atoms. The van der Waals surface area contributed by atoms with Crippen molar-refractivity contribution >= 4 is 33.1 Å². The maximum Gasteiger partial charge on any atom is 0.263 e. The molecule has 0 bridgehead atoms. The number of nitrogens with zero attached hydrogens (tertiary/aromatic N) is 2. The molecule has 0 aliphatic rings. The molecule has 1 aromatic heterocycles. The predicted octanol–water partition coefficient (Wildman–Crippen LogP) is 1.65. The highest BCUT2D eigenvalue weighted by Gasteiger charge is 2.16. The van der Waals surface area contributed by atoms with Crippen molar-refractivity contribution in [2.45, 2.75) is 4.90 Å². The van der Waals surface area contributed by atoms with Crippen molar-refractivity contribution in [3.63, 3.8) is 0 Å². The number of rotatable bonds is 3. The van der Waals surface area contributed by atoms with E-state index in [0.29, 0.717) is 0 Å². The van der Waals surface area contributed by atoms with Gasteiger partial charge in [-0.15, -0.1) is 0 Å². The molecule has 0 amide bonds. The van der Waals surface area contributed by atoms with Crippen LogP contribution < -0.4 is 10.5 Å². The minimum atomic E-state index is -3.96. The molecule has 0 unspecified atom stereocenters. The molecule has 0 fully saturated rings. The van der Waals surface area contributed by atoms with Crippen LogP contribution in [0.15, 0.2) is 35.4 Å². The Morgan fingerprint density at radius 2 is 2.05 bits per heavy atom. The van der Waals surface area contributed by atoms with Crippen molar-refractivity contribution < 1.29 is 12.8 Å². The second-order valence-corrected chi connectivity index (χ2v) is 5.52. The quantitative estimate of drug-likeness (QED) is 0.663. The van der Waals surface area contributed by atoms with Gasteiger partial charge >= 0.3 is 0 Å². The fraction of sp³-hybridized carbons (Fsp3) is 0. The normalized spacial score (nSPS) is 11.3. The van der Waals surface area contributed by atoms with Gasteiger partial charge in [0.25, 0.3) is 10.0 Å². The molecule has 0 saturated heterocycles. The van der Waals surface area contributed by atoms with E-state index >= 15 is 0 Å². The van der Waals surface area contributed by atoms with Crippen LogP contribution in [0.1, 0.15) is 0 Å². The van der Waals surface area contributed by atoms with Gasteiger partial charge in [-0.25, -0.2) is 17.8 Å². The van der Waals surface area contributed by atoms with Crippen LogP contribution >= 0.6 is 11.6 Å². The van der Waals surface area contributed by atoms with Gasteiger partial charge in [0.05, 0.1) is 10.6 Å². The zero-order valence-electron chi connectivity index (χ0n) is 9.34. The third-order valence-corrected chi connectivity index (χ3v) is 3.68. The molecule has 3 N–H and O–H groups in total. The number of halogens is 2. The van der Waals surface area contributed by atoms with E-state index in [2.05, 4.69) is 14.7 Å². The molecule has 0 saturated carbocycles. The second kappa shape index (κ2) is 4.98. The van der Waals surface area contributed by atoms with E-state index in [0.717, 1.165) is 12.1 Å². The summed E-state index contributed by atoms with van der Waals surface area (Å²) in [5, 5.41) is -0.108. The lowest BCUT2D eigenvalue weighted by Crippen LogP contribution is -2.14. The molecule has 0 aliphatic carbocycles. The monoisotopic (exact) mass is 302 g/mol. The molecule has 0 aliphatic heterocycles. The SMILES string of the molecule is Nc1ccc(S(=O)(=O)Nc2ccnc(Cl)n2)cc1F.